The number of H-pyrrole nitrogens is 1. The average Bonchev–Trinajstić information content (AvgIpc) is 2.75. The second-order valence-electron chi connectivity index (χ2n) is 4.76. The molecule has 1 amide bonds. The van der Waals surface area contributed by atoms with Gasteiger partial charge in [-0.1, -0.05) is 18.2 Å². The number of carboxylic acid groups (broad SMARTS) is 1. The van der Waals surface area contributed by atoms with E-state index in [1.807, 2.05) is 24.3 Å². The zero-order valence-corrected chi connectivity index (χ0v) is 10.3. The topological polar surface area (TPSA) is 73.4 Å². The number of aliphatic carboxylic acids is 1. The van der Waals surface area contributed by atoms with E-state index in [0.717, 1.165) is 28.6 Å². The number of benzene rings is 1. The molecule has 2 N–H and O–H groups in total. The van der Waals surface area contributed by atoms with Gasteiger partial charge in [0.1, 0.15) is 6.42 Å². The van der Waals surface area contributed by atoms with Crippen molar-refractivity contribution < 1.29 is 14.7 Å². The Balaban J connectivity index is 1.90. The standard InChI is InChI=1S/C14H14N2O3/c17-13(7-14(18)19)16-6-5-12-10(8-16)9-3-1-2-4-11(9)15-12/h1-4,15H,5-8H2,(H,18,19). The second-order valence-corrected chi connectivity index (χ2v) is 4.76. The lowest BCUT2D eigenvalue weighted by Crippen LogP contribution is -2.36. The van der Waals surface area contributed by atoms with Crippen LogP contribution in [0.4, 0.5) is 0 Å². The molecule has 1 aliphatic rings. The summed E-state index contributed by atoms with van der Waals surface area (Å²) in [6.45, 7) is 1.07. The summed E-state index contributed by atoms with van der Waals surface area (Å²) in [5, 5.41) is 9.80. The number of aromatic amines is 1. The number of nitrogens with one attached hydrogen (secondary N) is 1. The first-order valence-corrected chi connectivity index (χ1v) is 6.23. The fourth-order valence-electron chi connectivity index (χ4n) is 2.62. The van der Waals surface area contributed by atoms with Crippen LogP contribution >= 0.6 is 0 Å². The van der Waals surface area contributed by atoms with Gasteiger partial charge in [0.15, 0.2) is 0 Å². The van der Waals surface area contributed by atoms with E-state index in [1.54, 1.807) is 4.90 Å². The summed E-state index contributed by atoms with van der Waals surface area (Å²) >= 11 is 0. The molecule has 19 heavy (non-hydrogen) atoms. The van der Waals surface area contributed by atoms with Crippen molar-refractivity contribution in [2.75, 3.05) is 6.54 Å². The number of carboxylic acids is 1. The number of hydrogen-bond acceptors (Lipinski definition) is 2. The third-order valence-electron chi connectivity index (χ3n) is 3.54. The van der Waals surface area contributed by atoms with Gasteiger partial charge in [0, 0.05) is 41.7 Å². The maximum atomic E-state index is 11.8. The molecule has 2 heterocycles. The molecule has 0 aliphatic carbocycles. The minimum Gasteiger partial charge on any atom is -0.481 e. The number of para-hydroxylation sites is 1. The van der Waals surface area contributed by atoms with Crippen LogP contribution in [0.2, 0.25) is 0 Å². The predicted octanol–water partition coefficient (Wildman–Crippen LogP) is 1.53. The molecule has 0 unspecified atom stereocenters. The highest BCUT2D eigenvalue weighted by atomic mass is 16.4. The van der Waals surface area contributed by atoms with Gasteiger partial charge in [-0.2, -0.15) is 0 Å². The Hall–Kier alpha value is -2.30. The number of fused-ring (bicyclic) bond motifs is 3. The zero-order chi connectivity index (χ0) is 13.4. The largest absolute Gasteiger partial charge is 0.481 e. The molecule has 0 saturated heterocycles. The quantitative estimate of drug-likeness (QED) is 0.802. The highest BCUT2D eigenvalue weighted by molar-refractivity contribution is 5.94. The molecular formula is C14H14N2O3. The first kappa shape index (κ1) is 11.8. The molecule has 0 fully saturated rings. The molecule has 0 radical (unpaired) electrons. The maximum absolute atomic E-state index is 11.8. The number of amides is 1. The van der Waals surface area contributed by atoms with Gasteiger partial charge in [0.2, 0.25) is 5.91 Å². The molecule has 1 aliphatic heterocycles. The van der Waals surface area contributed by atoms with E-state index in [-0.39, 0.29) is 5.91 Å². The first-order valence-electron chi connectivity index (χ1n) is 6.23. The highest BCUT2D eigenvalue weighted by Crippen LogP contribution is 2.27. The minimum absolute atomic E-state index is 0.316. The Morgan fingerprint density at radius 2 is 2.11 bits per heavy atom. The fourth-order valence-corrected chi connectivity index (χ4v) is 2.62. The molecule has 1 aromatic heterocycles. The normalized spacial score (nSPS) is 14.4. The Morgan fingerprint density at radius 1 is 1.32 bits per heavy atom. The van der Waals surface area contributed by atoms with Crippen molar-refractivity contribution in [1.29, 1.82) is 0 Å². The van der Waals surface area contributed by atoms with Crippen molar-refractivity contribution in [3.63, 3.8) is 0 Å². The van der Waals surface area contributed by atoms with Crippen LogP contribution in [0.5, 0.6) is 0 Å². The summed E-state index contributed by atoms with van der Waals surface area (Å²) in [5.74, 6) is -1.39. The summed E-state index contributed by atoms with van der Waals surface area (Å²) in [4.78, 5) is 27.4. The van der Waals surface area contributed by atoms with Crippen LogP contribution in [0, 0.1) is 0 Å². The number of hydrogen-bond donors (Lipinski definition) is 2. The molecule has 1 aromatic carbocycles. The maximum Gasteiger partial charge on any atom is 0.312 e. The first-order chi connectivity index (χ1) is 9.15. The van der Waals surface area contributed by atoms with Crippen LogP contribution in [0.1, 0.15) is 17.7 Å². The molecule has 2 aromatic rings. The van der Waals surface area contributed by atoms with Crippen molar-refractivity contribution >= 4 is 22.8 Å². The van der Waals surface area contributed by atoms with Crippen molar-refractivity contribution in [1.82, 2.24) is 9.88 Å². The third kappa shape index (κ3) is 2.07. The summed E-state index contributed by atoms with van der Waals surface area (Å²) in [5.41, 5.74) is 3.33. The van der Waals surface area contributed by atoms with Crippen molar-refractivity contribution in [3.8, 4) is 0 Å². The summed E-state index contributed by atoms with van der Waals surface area (Å²) in [6.07, 6.45) is 0.313. The van der Waals surface area contributed by atoms with Gasteiger partial charge in [0.05, 0.1) is 0 Å². The smallest absolute Gasteiger partial charge is 0.312 e. The van der Waals surface area contributed by atoms with Crippen molar-refractivity contribution in [2.45, 2.75) is 19.4 Å². The van der Waals surface area contributed by atoms with Gasteiger partial charge in [-0.15, -0.1) is 0 Å². The molecule has 5 nitrogen and oxygen atoms in total. The van der Waals surface area contributed by atoms with Crippen LogP contribution < -0.4 is 0 Å². The van der Waals surface area contributed by atoms with Crippen LogP contribution in [0.3, 0.4) is 0 Å². The zero-order valence-electron chi connectivity index (χ0n) is 10.3. The number of nitrogens with zero attached hydrogens (tertiary/aromatic N) is 1. The van der Waals surface area contributed by atoms with Gasteiger partial charge in [-0.25, -0.2) is 0 Å². The minimum atomic E-state index is -1.07. The molecule has 98 valence electrons. The molecule has 5 heteroatoms. The number of carbonyl (C=O) groups excluding carboxylic acids is 1. The van der Waals surface area contributed by atoms with Gasteiger partial charge < -0.3 is 15.0 Å². The summed E-state index contributed by atoms with van der Waals surface area (Å²) in [6, 6.07) is 7.97. The van der Waals surface area contributed by atoms with Gasteiger partial charge in [-0.3, -0.25) is 9.59 Å². The van der Waals surface area contributed by atoms with E-state index < -0.39 is 12.4 Å². The van der Waals surface area contributed by atoms with E-state index in [1.165, 1.54) is 0 Å². The lowest BCUT2D eigenvalue weighted by Gasteiger charge is -2.26. The van der Waals surface area contributed by atoms with Gasteiger partial charge in [-0.05, 0) is 6.07 Å². The second kappa shape index (κ2) is 4.42. The highest BCUT2D eigenvalue weighted by Gasteiger charge is 2.24. The number of rotatable bonds is 2. The van der Waals surface area contributed by atoms with Gasteiger partial charge >= 0.3 is 5.97 Å². The van der Waals surface area contributed by atoms with Crippen LogP contribution in [0.25, 0.3) is 10.9 Å². The van der Waals surface area contributed by atoms with Gasteiger partial charge in [0.25, 0.3) is 0 Å². The van der Waals surface area contributed by atoms with E-state index >= 15 is 0 Å². The summed E-state index contributed by atoms with van der Waals surface area (Å²) in [7, 11) is 0. The predicted molar refractivity (Wildman–Crippen MR) is 69.7 cm³/mol. The fraction of sp³-hybridized carbons (Fsp3) is 0.286. The summed E-state index contributed by atoms with van der Waals surface area (Å²) < 4.78 is 0. The van der Waals surface area contributed by atoms with Crippen LogP contribution in [0.15, 0.2) is 24.3 Å². The molecule has 0 atom stereocenters. The van der Waals surface area contributed by atoms with Crippen molar-refractivity contribution in [2.24, 2.45) is 0 Å². The number of aromatic nitrogens is 1. The van der Waals surface area contributed by atoms with E-state index in [2.05, 4.69) is 4.98 Å². The lowest BCUT2D eigenvalue weighted by molar-refractivity contribution is -0.144. The average molecular weight is 258 g/mol. The molecule has 0 bridgehead atoms. The number of carbonyl (C=O) groups is 2. The van der Waals surface area contributed by atoms with E-state index in [9.17, 15) is 9.59 Å². The molecule has 0 saturated carbocycles. The monoisotopic (exact) mass is 258 g/mol. The van der Waals surface area contributed by atoms with Crippen LogP contribution in [-0.2, 0) is 22.6 Å². The van der Waals surface area contributed by atoms with Crippen molar-refractivity contribution in [3.05, 3.63) is 35.5 Å². The Labute approximate surface area is 109 Å². The van der Waals surface area contributed by atoms with E-state index in [4.69, 9.17) is 5.11 Å². The Kier molecular flexibility index (Phi) is 2.74. The third-order valence-corrected chi connectivity index (χ3v) is 3.54. The van der Waals surface area contributed by atoms with Crippen LogP contribution in [-0.4, -0.2) is 33.4 Å². The Bertz CT molecular complexity index is 660. The van der Waals surface area contributed by atoms with E-state index in [0.29, 0.717) is 13.1 Å². The Morgan fingerprint density at radius 3 is 2.89 bits per heavy atom. The lowest BCUT2D eigenvalue weighted by atomic mass is 10.0. The SMILES string of the molecule is O=C(O)CC(=O)N1CCc2[nH]c3ccccc3c2C1. The molecule has 3 rings (SSSR count). The molecule has 0 spiro atoms. The molecular weight excluding hydrogens is 244 g/mol.